The molecule has 1 aromatic heterocycles. The summed E-state index contributed by atoms with van der Waals surface area (Å²) in [6.45, 7) is 6.12. The molecule has 0 amide bonds. The molecule has 0 radical (unpaired) electrons. The van der Waals surface area contributed by atoms with Gasteiger partial charge >= 0.3 is 0 Å². The number of nitrogens with one attached hydrogen (secondary N) is 1. The molecule has 0 saturated heterocycles. The molecule has 0 aliphatic heterocycles. The summed E-state index contributed by atoms with van der Waals surface area (Å²) in [6, 6.07) is 4.41. The van der Waals surface area contributed by atoms with Crippen molar-refractivity contribution in [2.45, 2.75) is 33.2 Å². The van der Waals surface area contributed by atoms with Crippen molar-refractivity contribution in [1.82, 2.24) is 4.98 Å². The Balaban J connectivity index is 2.94. The van der Waals surface area contributed by atoms with E-state index in [0.717, 1.165) is 17.8 Å². The standard InChI is InChI=1S/C11H15N3/c1-4-8(2)14-11-5-9(3)13-7-10(11)6-12/h5,7-8H,4H2,1-3H3,(H,13,14). The first-order valence-corrected chi connectivity index (χ1v) is 4.80. The summed E-state index contributed by atoms with van der Waals surface area (Å²) in [5.41, 5.74) is 2.42. The lowest BCUT2D eigenvalue weighted by Gasteiger charge is -2.14. The zero-order valence-electron chi connectivity index (χ0n) is 8.83. The highest BCUT2D eigenvalue weighted by Crippen LogP contribution is 2.16. The van der Waals surface area contributed by atoms with Gasteiger partial charge in [0.1, 0.15) is 6.07 Å². The molecule has 1 aromatic rings. The fraction of sp³-hybridized carbons (Fsp3) is 0.455. The summed E-state index contributed by atoms with van der Waals surface area (Å²) >= 11 is 0. The molecular weight excluding hydrogens is 174 g/mol. The van der Waals surface area contributed by atoms with Crippen molar-refractivity contribution in [3.63, 3.8) is 0 Å². The Labute approximate surface area is 84.8 Å². The maximum atomic E-state index is 8.86. The molecule has 1 unspecified atom stereocenters. The number of anilines is 1. The van der Waals surface area contributed by atoms with Gasteiger partial charge in [0.2, 0.25) is 0 Å². The zero-order valence-corrected chi connectivity index (χ0v) is 8.83. The summed E-state index contributed by atoms with van der Waals surface area (Å²) in [5, 5.41) is 12.2. The van der Waals surface area contributed by atoms with E-state index in [-0.39, 0.29) is 0 Å². The van der Waals surface area contributed by atoms with Gasteiger partial charge in [-0.3, -0.25) is 4.98 Å². The van der Waals surface area contributed by atoms with E-state index >= 15 is 0 Å². The minimum absolute atomic E-state index is 0.379. The van der Waals surface area contributed by atoms with Crippen LogP contribution in [0.1, 0.15) is 31.5 Å². The van der Waals surface area contributed by atoms with Crippen LogP contribution in [-0.2, 0) is 0 Å². The van der Waals surface area contributed by atoms with Crippen molar-refractivity contribution >= 4 is 5.69 Å². The first-order chi connectivity index (χ1) is 6.67. The van der Waals surface area contributed by atoms with Gasteiger partial charge in [0.25, 0.3) is 0 Å². The Morgan fingerprint density at radius 2 is 2.36 bits per heavy atom. The number of nitrogens with zero attached hydrogens (tertiary/aromatic N) is 2. The van der Waals surface area contributed by atoms with Gasteiger partial charge in [0.05, 0.1) is 11.3 Å². The quantitative estimate of drug-likeness (QED) is 0.794. The first kappa shape index (κ1) is 10.5. The molecule has 1 heterocycles. The molecule has 0 bridgehead atoms. The van der Waals surface area contributed by atoms with Crippen LogP contribution in [0.3, 0.4) is 0 Å². The van der Waals surface area contributed by atoms with Crippen LogP contribution in [0, 0.1) is 18.3 Å². The molecule has 14 heavy (non-hydrogen) atoms. The number of hydrogen-bond acceptors (Lipinski definition) is 3. The summed E-state index contributed by atoms with van der Waals surface area (Å²) < 4.78 is 0. The van der Waals surface area contributed by atoms with E-state index in [1.165, 1.54) is 0 Å². The molecule has 0 aliphatic rings. The summed E-state index contributed by atoms with van der Waals surface area (Å²) in [5.74, 6) is 0. The minimum atomic E-state index is 0.379. The fourth-order valence-corrected chi connectivity index (χ4v) is 1.14. The minimum Gasteiger partial charge on any atom is -0.381 e. The maximum absolute atomic E-state index is 8.86. The van der Waals surface area contributed by atoms with Crippen LogP contribution >= 0.6 is 0 Å². The highest BCUT2D eigenvalue weighted by Gasteiger charge is 2.05. The molecule has 74 valence electrons. The summed E-state index contributed by atoms with van der Waals surface area (Å²) in [7, 11) is 0. The second kappa shape index (κ2) is 4.61. The normalized spacial score (nSPS) is 11.9. The SMILES string of the molecule is CCC(C)Nc1cc(C)ncc1C#N. The molecule has 1 rings (SSSR count). The molecular formula is C11H15N3. The third-order valence-electron chi connectivity index (χ3n) is 2.18. The van der Waals surface area contributed by atoms with Crippen LogP contribution in [0.5, 0.6) is 0 Å². The topological polar surface area (TPSA) is 48.7 Å². The molecule has 3 heteroatoms. The highest BCUT2D eigenvalue weighted by atomic mass is 14.9. The van der Waals surface area contributed by atoms with Crippen LogP contribution in [0.2, 0.25) is 0 Å². The number of aromatic nitrogens is 1. The third-order valence-corrected chi connectivity index (χ3v) is 2.18. The summed E-state index contributed by atoms with van der Waals surface area (Å²) in [6.07, 6.45) is 2.65. The largest absolute Gasteiger partial charge is 0.381 e. The van der Waals surface area contributed by atoms with Crippen LogP contribution in [-0.4, -0.2) is 11.0 Å². The number of rotatable bonds is 3. The van der Waals surface area contributed by atoms with Crippen molar-refractivity contribution in [3.05, 3.63) is 23.5 Å². The predicted molar refractivity (Wildman–Crippen MR) is 57.1 cm³/mol. The van der Waals surface area contributed by atoms with Crippen molar-refractivity contribution in [1.29, 1.82) is 5.26 Å². The van der Waals surface area contributed by atoms with Gasteiger partial charge < -0.3 is 5.32 Å². The molecule has 0 aromatic carbocycles. The molecule has 0 spiro atoms. The molecule has 3 nitrogen and oxygen atoms in total. The van der Waals surface area contributed by atoms with Crippen LogP contribution in [0.15, 0.2) is 12.3 Å². The number of aryl methyl sites for hydroxylation is 1. The third kappa shape index (κ3) is 2.46. The monoisotopic (exact) mass is 189 g/mol. The Morgan fingerprint density at radius 3 is 2.93 bits per heavy atom. The number of pyridine rings is 1. The Kier molecular flexibility index (Phi) is 3.47. The van der Waals surface area contributed by atoms with Crippen molar-refractivity contribution in [2.24, 2.45) is 0 Å². The Hall–Kier alpha value is -1.56. The van der Waals surface area contributed by atoms with Gasteiger partial charge in [-0.15, -0.1) is 0 Å². The lowest BCUT2D eigenvalue weighted by Crippen LogP contribution is -2.14. The Bertz CT molecular complexity index is 352. The van der Waals surface area contributed by atoms with Gasteiger partial charge in [-0.05, 0) is 26.3 Å². The Morgan fingerprint density at radius 1 is 1.64 bits per heavy atom. The first-order valence-electron chi connectivity index (χ1n) is 4.80. The second-order valence-electron chi connectivity index (χ2n) is 3.44. The average molecular weight is 189 g/mol. The van der Waals surface area contributed by atoms with E-state index in [9.17, 15) is 0 Å². The molecule has 1 atom stereocenters. The van der Waals surface area contributed by atoms with Gasteiger partial charge in [-0.25, -0.2) is 0 Å². The van der Waals surface area contributed by atoms with E-state index in [4.69, 9.17) is 5.26 Å². The van der Waals surface area contributed by atoms with E-state index in [2.05, 4.69) is 30.2 Å². The molecule has 0 fully saturated rings. The lowest BCUT2D eigenvalue weighted by atomic mass is 10.2. The smallest absolute Gasteiger partial charge is 0.103 e. The van der Waals surface area contributed by atoms with Gasteiger partial charge in [0, 0.05) is 17.9 Å². The van der Waals surface area contributed by atoms with E-state index in [0.29, 0.717) is 11.6 Å². The van der Waals surface area contributed by atoms with E-state index < -0.39 is 0 Å². The molecule has 1 N–H and O–H groups in total. The van der Waals surface area contributed by atoms with Crippen LogP contribution in [0.25, 0.3) is 0 Å². The zero-order chi connectivity index (χ0) is 10.6. The van der Waals surface area contributed by atoms with Crippen LogP contribution in [0.4, 0.5) is 5.69 Å². The predicted octanol–water partition coefficient (Wildman–Crippen LogP) is 2.47. The second-order valence-corrected chi connectivity index (χ2v) is 3.44. The van der Waals surface area contributed by atoms with Crippen LogP contribution < -0.4 is 5.32 Å². The summed E-state index contributed by atoms with van der Waals surface area (Å²) in [4.78, 5) is 4.08. The van der Waals surface area contributed by atoms with Crippen molar-refractivity contribution in [3.8, 4) is 6.07 Å². The highest BCUT2D eigenvalue weighted by molar-refractivity contribution is 5.57. The fourth-order valence-electron chi connectivity index (χ4n) is 1.14. The number of hydrogen-bond donors (Lipinski definition) is 1. The van der Waals surface area contributed by atoms with Crippen molar-refractivity contribution in [2.75, 3.05) is 5.32 Å². The van der Waals surface area contributed by atoms with Gasteiger partial charge in [0.15, 0.2) is 0 Å². The molecule has 0 aliphatic carbocycles. The van der Waals surface area contributed by atoms with Gasteiger partial charge in [-0.2, -0.15) is 5.26 Å². The average Bonchev–Trinajstić information content (AvgIpc) is 2.18. The van der Waals surface area contributed by atoms with Crippen molar-refractivity contribution < 1.29 is 0 Å². The van der Waals surface area contributed by atoms with Gasteiger partial charge in [-0.1, -0.05) is 6.92 Å². The maximum Gasteiger partial charge on any atom is 0.103 e. The molecule has 0 saturated carbocycles. The number of nitriles is 1. The van der Waals surface area contributed by atoms with E-state index in [1.807, 2.05) is 13.0 Å². The lowest BCUT2D eigenvalue weighted by molar-refractivity contribution is 0.763. The van der Waals surface area contributed by atoms with E-state index in [1.54, 1.807) is 6.20 Å².